The Morgan fingerprint density at radius 3 is 2.21 bits per heavy atom. The number of H-pyrrole nitrogens is 1. The second kappa shape index (κ2) is 8.05. The van der Waals surface area contributed by atoms with Gasteiger partial charge in [0.25, 0.3) is 0 Å². The quantitative estimate of drug-likeness (QED) is 0.735. The van der Waals surface area contributed by atoms with E-state index in [1.165, 1.54) is 31.4 Å². The molecule has 9 heteroatoms. The molecule has 1 unspecified atom stereocenters. The van der Waals surface area contributed by atoms with Crippen molar-refractivity contribution in [1.82, 2.24) is 10.3 Å². The predicted molar refractivity (Wildman–Crippen MR) is 103 cm³/mol. The summed E-state index contributed by atoms with van der Waals surface area (Å²) in [4.78, 5) is 26.7. The number of aromatic amines is 1. The number of sulfone groups is 1. The molecule has 152 valence electrons. The maximum Gasteiger partial charge on any atom is 0.409 e. The lowest BCUT2D eigenvalue weighted by molar-refractivity contribution is 0.0518. The Labute approximate surface area is 164 Å². The van der Waals surface area contributed by atoms with Crippen LogP contribution in [0.4, 0.5) is 4.79 Å². The Balaban J connectivity index is 2.46. The van der Waals surface area contributed by atoms with Crippen molar-refractivity contribution in [3.63, 3.8) is 0 Å². The number of hydrogen-bond acceptors (Lipinski definition) is 6. The molecule has 0 saturated heterocycles. The lowest BCUT2D eigenvalue weighted by atomic mass is 10.2. The van der Waals surface area contributed by atoms with Crippen molar-refractivity contribution >= 4 is 21.9 Å². The number of amides is 1. The van der Waals surface area contributed by atoms with Gasteiger partial charge >= 0.3 is 12.1 Å². The molecule has 1 atom stereocenters. The summed E-state index contributed by atoms with van der Waals surface area (Å²) in [5, 5.41) is 0.898. The van der Waals surface area contributed by atoms with Crippen LogP contribution in [0.3, 0.4) is 0 Å². The topological polar surface area (TPSA) is 115 Å². The third kappa shape index (κ3) is 5.13. The molecule has 1 aromatic carbocycles. The maximum absolute atomic E-state index is 13.2. The van der Waals surface area contributed by atoms with Crippen molar-refractivity contribution < 1.29 is 27.5 Å². The van der Waals surface area contributed by atoms with Crippen molar-refractivity contribution in [2.75, 3.05) is 7.11 Å². The van der Waals surface area contributed by atoms with E-state index >= 15 is 0 Å². The fraction of sp³-hybridized carbons (Fsp3) is 0.368. The third-order valence-electron chi connectivity index (χ3n) is 3.70. The number of esters is 1. The number of aryl methyl sites for hydroxylation is 1. The van der Waals surface area contributed by atoms with Crippen LogP contribution in [0.1, 0.15) is 47.9 Å². The second-order valence-corrected chi connectivity index (χ2v) is 9.24. The number of carbonyl (C=O) groups excluding carboxylic acids is 2. The lowest BCUT2D eigenvalue weighted by Crippen LogP contribution is -2.38. The van der Waals surface area contributed by atoms with E-state index in [-0.39, 0.29) is 16.3 Å². The molecule has 1 aromatic heterocycles. The normalized spacial score (nSPS) is 12.9. The van der Waals surface area contributed by atoms with Gasteiger partial charge in [0.2, 0.25) is 9.84 Å². The SMILES string of the molecule is COC(=O)c1ccc(C(NC(=O)OC(C)(C)C)S(=O)(=O)c2ccc(C)cc2)[nH]1. The molecule has 0 bridgehead atoms. The highest BCUT2D eigenvalue weighted by Crippen LogP contribution is 2.27. The van der Waals surface area contributed by atoms with E-state index in [4.69, 9.17) is 4.74 Å². The van der Waals surface area contributed by atoms with Crippen LogP contribution < -0.4 is 5.32 Å². The van der Waals surface area contributed by atoms with Crippen LogP contribution in [-0.4, -0.2) is 38.2 Å². The van der Waals surface area contributed by atoms with Gasteiger partial charge in [-0.3, -0.25) is 5.32 Å². The van der Waals surface area contributed by atoms with E-state index in [0.29, 0.717) is 0 Å². The van der Waals surface area contributed by atoms with Crippen LogP contribution in [0, 0.1) is 6.92 Å². The number of hydrogen-bond donors (Lipinski definition) is 2. The summed E-state index contributed by atoms with van der Waals surface area (Å²) in [6.07, 6.45) is -0.901. The Bertz CT molecular complexity index is 955. The molecule has 8 nitrogen and oxygen atoms in total. The van der Waals surface area contributed by atoms with E-state index in [2.05, 4.69) is 15.0 Å². The van der Waals surface area contributed by atoms with Gasteiger partial charge in [-0.15, -0.1) is 0 Å². The van der Waals surface area contributed by atoms with Gasteiger partial charge in [0.1, 0.15) is 11.3 Å². The number of ether oxygens (including phenoxy) is 2. The zero-order valence-corrected chi connectivity index (χ0v) is 17.2. The van der Waals surface area contributed by atoms with Gasteiger partial charge in [-0.2, -0.15) is 0 Å². The number of aromatic nitrogens is 1. The monoisotopic (exact) mass is 408 g/mol. The van der Waals surface area contributed by atoms with Gasteiger partial charge < -0.3 is 14.5 Å². The highest BCUT2D eigenvalue weighted by atomic mass is 32.2. The van der Waals surface area contributed by atoms with E-state index in [9.17, 15) is 18.0 Å². The van der Waals surface area contributed by atoms with Gasteiger partial charge in [-0.1, -0.05) is 17.7 Å². The molecular formula is C19H24N2O6S. The molecule has 0 fully saturated rings. The Kier molecular flexibility index (Phi) is 6.18. The molecule has 0 aliphatic heterocycles. The zero-order valence-electron chi connectivity index (χ0n) is 16.4. The van der Waals surface area contributed by atoms with Crippen molar-refractivity contribution in [3.05, 3.63) is 53.3 Å². The summed E-state index contributed by atoms with van der Waals surface area (Å²) in [5.41, 5.74) is 0.248. The molecule has 0 aliphatic rings. The fourth-order valence-corrected chi connectivity index (χ4v) is 3.91. The molecule has 0 aliphatic carbocycles. The average Bonchev–Trinajstić information content (AvgIpc) is 3.07. The van der Waals surface area contributed by atoms with Gasteiger partial charge in [-0.05, 0) is 52.0 Å². The zero-order chi connectivity index (χ0) is 21.1. The first-order chi connectivity index (χ1) is 12.9. The smallest absolute Gasteiger partial charge is 0.409 e. The van der Waals surface area contributed by atoms with E-state index in [1.807, 2.05) is 6.92 Å². The van der Waals surface area contributed by atoms with Gasteiger partial charge in [0.15, 0.2) is 5.37 Å². The van der Waals surface area contributed by atoms with Crippen molar-refractivity contribution in [1.29, 1.82) is 0 Å². The first-order valence-corrected chi connectivity index (χ1v) is 10.1. The van der Waals surface area contributed by atoms with Crippen molar-refractivity contribution in [3.8, 4) is 0 Å². The van der Waals surface area contributed by atoms with Gasteiger partial charge in [0.05, 0.1) is 17.7 Å². The van der Waals surface area contributed by atoms with Gasteiger partial charge in [0, 0.05) is 0 Å². The van der Waals surface area contributed by atoms with Crippen LogP contribution in [0.2, 0.25) is 0 Å². The minimum atomic E-state index is -4.04. The first-order valence-electron chi connectivity index (χ1n) is 8.51. The molecule has 1 heterocycles. The molecule has 0 spiro atoms. The Morgan fingerprint density at radius 1 is 1.07 bits per heavy atom. The standard InChI is InChI=1S/C19H24N2O6S/c1-12-6-8-13(9-7-12)28(24,25)16(21-18(23)27-19(2,3)4)14-10-11-15(20-14)17(22)26-5/h6-11,16,20H,1-5H3,(H,21,23). The van der Waals surface area contributed by atoms with Crippen LogP contribution >= 0.6 is 0 Å². The summed E-state index contributed by atoms with van der Waals surface area (Å²) in [5.74, 6) is -0.657. The lowest BCUT2D eigenvalue weighted by Gasteiger charge is -2.23. The number of alkyl carbamates (subject to hydrolysis) is 1. The number of benzene rings is 1. The molecule has 2 N–H and O–H groups in total. The Morgan fingerprint density at radius 2 is 1.68 bits per heavy atom. The molecular weight excluding hydrogens is 384 g/mol. The minimum Gasteiger partial charge on any atom is -0.464 e. The number of rotatable bonds is 5. The van der Waals surface area contributed by atoms with Crippen LogP contribution in [0.15, 0.2) is 41.3 Å². The van der Waals surface area contributed by atoms with Crippen LogP contribution in [0.25, 0.3) is 0 Å². The highest BCUT2D eigenvalue weighted by molar-refractivity contribution is 7.91. The van der Waals surface area contributed by atoms with Gasteiger partial charge in [-0.25, -0.2) is 18.0 Å². The van der Waals surface area contributed by atoms with E-state index in [0.717, 1.165) is 5.56 Å². The predicted octanol–water partition coefficient (Wildman–Crippen LogP) is 3.11. The first kappa shape index (κ1) is 21.5. The molecule has 0 radical (unpaired) electrons. The molecule has 2 aromatic rings. The molecule has 2 rings (SSSR count). The van der Waals surface area contributed by atoms with Crippen molar-refractivity contribution in [2.24, 2.45) is 0 Å². The van der Waals surface area contributed by atoms with Crippen LogP contribution in [0.5, 0.6) is 0 Å². The number of nitrogens with one attached hydrogen (secondary N) is 2. The van der Waals surface area contributed by atoms with E-state index < -0.39 is 32.9 Å². The number of methoxy groups -OCH3 is 1. The molecule has 0 saturated carbocycles. The fourth-order valence-electron chi connectivity index (χ4n) is 2.40. The highest BCUT2D eigenvalue weighted by Gasteiger charge is 2.33. The summed E-state index contributed by atoms with van der Waals surface area (Å²) in [6, 6.07) is 9.02. The van der Waals surface area contributed by atoms with Crippen molar-refractivity contribution in [2.45, 2.75) is 43.6 Å². The second-order valence-electron chi connectivity index (χ2n) is 7.20. The summed E-state index contributed by atoms with van der Waals surface area (Å²) in [6.45, 7) is 6.83. The third-order valence-corrected chi connectivity index (χ3v) is 5.63. The summed E-state index contributed by atoms with van der Waals surface area (Å²) in [7, 11) is -2.83. The van der Waals surface area contributed by atoms with Crippen LogP contribution in [-0.2, 0) is 19.3 Å². The summed E-state index contributed by atoms with van der Waals surface area (Å²) < 4.78 is 36.2. The molecule has 28 heavy (non-hydrogen) atoms. The largest absolute Gasteiger partial charge is 0.464 e. The average molecular weight is 408 g/mol. The molecule has 1 amide bonds. The number of carbonyl (C=O) groups is 2. The van der Waals surface area contributed by atoms with E-state index in [1.54, 1.807) is 32.9 Å². The Hall–Kier alpha value is -2.81. The maximum atomic E-state index is 13.2. The summed E-state index contributed by atoms with van der Waals surface area (Å²) >= 11 is 0. The minimum absolute atomic E-state index is 0.0216.